The Morgan fingerprint density at radius 2 is 1.76 bits per heavy atom. The van der Waals surface area contributed by atoms with Crippen molar-refractivity contribution in [2.75, 3.05) is 26.4 Å². The van der Waals surface area contributed by atoms with Gasteiger partial charge in [0.15, 0.2) is 0 Å². The summed E-state index contributed by atoms with van der Waals surface area (Å²) in [5, 5.41) is 0. The Balaban J connectivity index is 1.93. The third-order valence-corrected chi connectivity index (χ3v) is 5.90. The molecule has 2 N–H and O–H groups in total. The highest BCUT2D eigenvalue weighted by Crippen LogP contribution is 2.34. The first kappa shape index (κ1) is 13.3. The van der Waals surface area contributed by atoms with Crippen molar-refractivity contribution in [1.29, 1.82) is 0 Å². The van der Waals surface area contributed by atoms with Crippen LogP contribution in [0, 0.1) is 0 Å². The monoisotopic (exact) mass is 261 g/mol. The van der Waals surface area contributed by atoms with Crippen molar-refractivity contribution in [2.45, 2.75) is 43.8 Å². The Morgan fingerprint density at radius 3 is 2.24 bits per heavy atom. The number of fused-ring (bicyclic) bond motifs is 2. The SMILES string of the molecule is CN(C)S(=O)(=O)CCN1C2CCC1CC(N)C2. The molecule has 2 fully saturated rings. The second kappa shape index (κ2) is 4.84. The van der Waals surface area contributed by atoms with Crippen molar-refractivity contribution in [3.05, 3.63) is 0 Å². The molecule has 0 aliphatic carbocycles. The molecule has 2 aliphatic heterocycles. The fourth-order valence-corrected chi connectivity index (χ4v) is 3.89. The molecule has 2 bridgehead atoms. The van der Waals surface area contributed by atoms with E-state index in [1.807, 2.05) is 0 Å². The van der Waals surface area contributed by atoms with E-state index in [9.17, 15) is 8.42 Å². The van der Waals surface area contributed by atoms with E-state index < -0.39 is 10.0 Å². The molecule has 0 spiro atoms. The zero-order chi connectivity index (χ0) is 12.6. The maximum atomic E-state index is 11.7. The summed E-state index contributed by atoms with van der Waals surface area (Å²) in [5.41, 5.74) is 5.99. The fourth-order valence-electron chi connectivity index (χ4n) is 3.08. The molecule has 0 aromatic rings. The van der Waals surface area contributed by atoms with Gasteiger partial charge in [-0.05, 0) is 25.7 Å². The summed E-state index contributed by atoms with van der Waals surface area (Å²) in [5.74, 6) is 0.224. The van der Waals surface area contributed by atoms with E-state index in [4.69, 9.17) is 5.73 Å². The minimum absolute atomic E-state index is 0.224. The van der Waals surface area contributed by atoms with Gasteiger partial charge in [-0.2, -0.15) is 0 Å². The second-order valence-electron chi connectivity index (χ2n) is 5.45. The molecule has 2 heterocycles. The lowest BCUT2D eigenvalue weighted by atomic mass is 9.98. The van der Waals surface area contributed by atoms with E-state index in [-0.39, 0.29) is 5.75 Å². The summed E-state index contributed by atoms with van der Waals surface area (Å²) in [6.45, 7) is 0.655. The summed E-state index contributed by atoms with van der Waals surface area (Å²) < 4.78 is 24.8. The van der Waals surface area contributed by atoms with Gasteiger partial charge < -0.3 is 5.73 Å². The van der Waals surface area contributed by atoms with Gasteiger partial charge in [0.2, 0.25) is 10.0 Å². The third-order valence-electron chi connectivity index (χ3n) is 4.08. The lowest BCUT2D eigenvalue weighted by molar-refractivity contribution is 0.136. The van der Waals surface area contributed by atoms with Crippen LogP contribution in [0.15, 0.2) is 0 Å². The summed E-state index contributed by atoms with van der Waals surface area (Å²) in [6.07, 6.45) is 4.41. The molecule has 100 valence electrons. The van der Waals surface area contributed by atoms with Crippen LogP contribution in [0.5, 0.6) is 0 Å². The molecule has 6 heteroatoms. The molecule has 2 unspecified atom stereocenters. The lowest BCUT2D eigenvalue weighted by Crippen LogP contribution is -2.49. The summed E-state index contributed by atoms with van der Waals surface area (Å²) in [7, 11) is 0.117. The molecule has 5 nitrogen and oxygen atoms in total. The minimum atomic E-state index is -3.07. The topological polar surface area (TPSA) is 66.6 Å². The van der Waals surface area contributed by atoms with Gasteiger partial charge in [-0.3, -0.25) is 4.90 Å². The molecule has 0 radical (unpaired) electrons. The highest BCUT2D eigenvalue weighted by atomic mass is 32.2. The summed E-state index contributed by atoms with van der Waals surface area (Å²) in [4.78, 5) is 2.37. The molecule has 0 aromatic heterocycles. The van der Waals surface area contributed by atoms with Crippen molar-refractivity contribution in [3.63, 3.8) is 0 Å². The van der Waals surface area contributed by atoms with Crippen molar-refractivity contribution in [2.24, 2.45) is 5.73 Å². The van der Waals surface area contributed by atoms with Crippen LogP contribution in [0.1, 0.15) is 25.7 Å². The van der Waals surface area contributed by atoms with Crippen molar-refractivity contribution in [1.82, 2.24) is 9.21 Å². The zero-order valence-corrected chi connectivity index (χ0v) is 11.5. The minimum Gasteiger partial charge on any atom is -0.328 e. The van der Waals surface area contributed by atoms with E-state index >= 15 is 0 Å². The Morgan fingerprint density at radius 1 is 1.24 bits per heavy atom. The van der Waals surface area contributed by atoms with Gasteiger partial charge in [-0.25, -0.2) is 12.7 Å². The van der Waals surface area contributed by atoms with Gasteiger partial charge in [0.05, 0.1) is 5.75 Å². The maximum absolute atomic E-state index is 11.7. The Bertz CT molecular complexity index is 355. The molecule has 0 amide bonds. The van der Waals surface area contributed by atoms with Gasteiger partial charge in [0.1, 0.15) is 0 Å². The molecular weight excluding hydrogens is 238 g/mol. The smallest absolute Gasteiger partial charge is 0.214 e. The van der Waals surface area contributed by atoms with Crippen LogP contribution in [-0.2, 0) is 10.0 Å². The number of hydrogen-bond donors (Lipinski definition) is 1. The first-order valence-corrected chi connectivity index (χ1v) is 7.92. The predicted octanol–water partition coefficient (Wildman–Crippen LogP) is -0.168. The third kappa shape index (κ3) is 2.81. The number of nitrogens with two attached hydrogens (primary N) is 1. The average Bonchev–Trinajstić information content (AvgIpc) is 2.47. The first-order valence-electron chi connectivity index (χ1n) is 6.31. The highest BCUT2D eigenvalue weighted by molar-refractivity contribution is 7.89. The second-order valence-corrected chi connectivity index (χ2v) is 7.76. The number of rotatable bonds is 4. The van der Waals surface area contributed by atoms with Crippen LogP contribution in [0.3, 0.4) is 0 Å². The van der Waals surface area contributed by atoms with E-state index in [1.54, 1.807) is 14.1 Å². The zero-order valence-electron chi connectivity index (χ0n) is 10.7. The standard InChI is InChI=1S/C11H23N3O2S/c1-13(2)17(15,16)6-5-14-10-3-4-11(14)8-9(12)7-10/h9-11H,3-8,12H2,1-2H3. The first-order chi connectivity index (χ1) is 7.90. The van der Waals surface area contributed by atoms with Crippen molar-refractivity contribution >= 4 is 10.0 Å². The molecule has 17 heavy (non-hydrogen) atoms. The highest BCUT2D eigenvalue weighted by Gasteiger charge is 2.39. The molecular formula is C11H23N3O2S. The maximum Gasteiger partial charge on any atom is 0.214 e. The Kier molecular flexibility index (Phi) is 3.77. The molecule has 0 saturated carbocycles. The van der Waals surface area contributed by atoms with Crippen LogP contribution < -0.4 is 5.73 Å². The number of hydrogen-bond acceptors (Lipinski definition) is 4. The Hall–Kier alpha value is -0.170. The van der Waals surface area contributed by atoms with E-state index in [2.05, 4.69) is 4.90 Å². The van der Waals surface area contributed by atoms with Gasteiger partial charge in [0.25, 0.3) is 0 Å². The van der Waals surface area contributed by atoms with Crippen LogP contribution >= 0.6 is 0 Å². The molecule has 2 aliphatic rings. The van der Waals surface area contributed by atoms with Gasteiger partial charge in [0, 0.05) is 38.8 Å². The normalized spacial score (nSPS) is 34.5. The molecule has 2 atom stereocenters. The van der Waals surface area contributed by atoms with Crippen molar-refractivity contribution < 1.29 is 8.42 Å². The van der Waals surface area contributed by atoms with Crippen LogP contribution in [-0.4, -0.2) is 62.1 Å². The largest absolute Gasteiger partial charge is 0.328 e. The van der Waals surface area contributed by atoms with E-state index in [0.29, 0.717) is 24.7 Å². The number of sulfonamides is 1. The Labute approximate surface area is 104 Å². The van der Waals surface area contributed by atoms with E-state index in [1.165, 1.54) is 17.1 Å². The number of piperidine rings is 1. The lowest BCUT2D eigenvalue weighted by Gasteiger charge is -2.37. The molecule has 2 saturated heterocycles. The van der Waals surface area contributed by atoms with Crippen LogP contribution in [0.25, 0.3) is 0 Å². The summed E-state index contributed by atoms with van der Waals surface area (Å²) >= 11 is 0. The van der Waals surface area contributed by atoms with Gasteiger partial charge >= 0.3 is 0 Å². The predicted molar refractivity (Wildman–Crippen MR) is 68.2 cm³/mol. The fraction of sp³-hybridized carbons (Fsp3) is 1.00. The average molecular weight is 261 g/mol. The van der Waals surface area contributed by atoms with Gasteiger partial charge in [-0.15, -0.1) is 0 Å². The van der Waals surface area contributed by atoms with Crippen molar-refractivity contribution in [3.8, 4) is 0 Å². The quantitative estimate of drug-likeness (QED) is 0.763. The van der Waals surface area contributed by atoms with E-state index in [0.717, 1.165) is 12.8 Å². The van der Waals surface area contributed by atoms with Crippen LogP contribution in [0.2, 0.25) is 0 Å². The molecule has 0 aromatic carbocycles. The van der Waals surface area contributed by atoms with Crippen LogP contribution in [0.4, 0.5) is 0 Å². The number of nitrogens with zero attached hydrogens (tertiary/aromatic N) is 2. The van der Waals surface area contributed by atoms with Gasteiger partial charge in [-0.1, -0.05) is 0 Å². The molecule has 2 rings (SSSR count). The summed E-state index contributed by atoms with van der Waals surface area (Å²) in [6, 6.07) is 1.34.